The molecule has 1 aliphatic rings. The van der Waals surface area contributed by atoms with Gasteiger partial charge in [0.2, 0.25) is 0 Å². The molecule has 0 aliphatic carbocycles. The Morgan fingerprint density at radius 3 is 2.94 bits per heavy atom. The van der Waals surface area contributed by atoms with Gasteiger partial charge >= 0.3 is 0 Å². The summed E-state index contributed by atoms with van der Waals surface area (Å²) in [6.07, 6.45) is 0.203. The molecular formula is C14H22N2O. The summed E-state index contributed by atoms with van der Waals surface area (Å²) in [5.41, 5.74) is 9.77. The summed E-state index contributed by atoms with van der Waals surface area (Å²) in [6.45, 7) is 8.69. The van der Waals surface area contributed by atoms with Gasteiger partial charge in [-0.1, -0.05) is 23.8 Å². The van der Waals surface area contributed by atoms with Gasteiger partial charge in [-0.05, 0) is 25.0 Å². The van der Waals surface area contributed by atoms with Crippen molar-refractivity contribution in [2.45, 2.75) is 26.5 Å². The molecule has 17 heavy (non-hydrogen) atoms. The molecule has 0 spiro atoms. The molecule has 1 heterocycles. The normalized spacial score (nSPS) is 21.7. The molecule has 1 atom stereocenters. The Bertz CT molecular complexity index is 378. The van der Waals surface area contributed by atoms with Crippen LogP contribution in [0.15, 0.2) is 18.2 Å². The van der Waals surface area contributed by atoms with Crippen molar-refractivity contribution < 1.29 is 4.74 Å². The monoisotopic (exact) mass is 234 g/mol. The third-order valence-corrected chi connectivity index (χ3v) is 3.38. The van der Waals surface area contributed by atoms with Crippen LogP contribution in [0, 0.1) is 13.8 Å². The van der Waals surface area contributed by atoms with Gasteiger partial charge in [0, 0.05) is 26.2 Å². The van der Waals surface area contributed by atoms with Crippen molar-refractivity contribution in [2.75, 3.05) is 26.2 Å². The summed E-state index contributed by atoms with van der Waals surface area (Å²) in [7, 11) is 0. The van der Waals surface area contributed by atoms with Crippen molar-refractivity contribution in [3.8, 4) is 0 Å². The molecule has 0 saturated carbocycles. The molecule has 0 bridgehead atoms. The number of nitrogens with zero attached hydrogens (tertiary/aromatic N) is 1. The van der Waals surface area contributed by atoms with E-state index in [0.717, 1.165) is 26.2 Å². The molecule has 1 aliphatic heterocycles. The van der Waals surface area contributed by atoms with Crippen LogP contribution >= 0.6 is 0 Å². The highest BCUT2D eigenvalue weighted by Crippen LogP contribution is 2.15. The molecule has 1 fully saturated rings. The zero-order valence-electron chi connectivity index (χ0n) is 10.8. The van der Waals surface area contributed by atoms with Crippen molar-refractivity contribution in [3.63, 3.8) is 0 Å². The fourth-order valence-electron chi connectivity index (χ4n) is 2.33. The van der Waals surface area contributed by atoms with Crippen LogP contribution in [0.4, 0.5) is 0 Å². The highest BCUT2D eigenvalue weighted by Gasteiger charge is 2.19. The molecule has 0 amide bonds. The number of ether oxygens (including phenoxy) is 1. The maximum absolute atomic E-state index is 5.66. The lowest BCUT2D eigenvalue weighted by atomic mass is 10.0. The Labute approximate surface area is 104 Å². The lowest BCUT2D eigenvalue weighted by Gasteiger charge is -2.32. The van der Waals surface area contributed by atoms with Crippen LogP contribution in [0.5, 0.6) is 0 Å². The number of aryl methyl sites for hydroxylation is 2. The highest BCUT2D eigenvalue weighted by atomic mass is 16.5. The van der Waals surface area contributed by atoms with E-state index >= 15 is 0 Å². The second-order valence-corrected chi connectivity index (χ2v) is 4.89. The third kappa shape index (κ3) is 3.28. The van der Waals surface area contributed by atoms with E-state index in [1.807, 2.05) is 0 Å². The minimum absolute atomic E-state index is 0.203. The Kier molecular flexibility index (Phi) is 4.15. The van der Waals surface area contributed by atoms with Gasteiger partial charge in [0.15, 0.2) is 0 Å². The van der Waals surface area contributed by atoms with Crippen LogP contribution in [-0.2, 0) is 11.3 Å². The van der Waals surface area contributed by atoms with Gasteiger partial charge in [0.05, 0.1) is 12.7 Å². The lowest BCUT2D eigenvalue weighted by molar-refractivity contribution is -0.0261. The van der Waals surface area contributed by atoms with Gasteiger partial charge in [0.1, 0.15) is 0 Å². The quantitative estimate of drug-likeness (QED) is 0.860. The summed E-state index contributed by atoms with van der Waals surface area (Å²) < 4.78 is 5.58. The molecule has 1 aromatic carbocycles. The van der Waals surface area contributed by atoms with Crippen molar-refractivity contribution in [2.24, 2.45) is 5.73 Å². The molecule has 3 heteroatoms. The summed E-state index contributed by atoms with van der Waals surface area (Å²) in [5, 5.41) is 0. The average Bonchev–Trinajstić information content (AvgIpc) is 2.33. The van der Waals surface area contributed by atoms with Gasteiger partial charge in [-0.25, -0.2) is 0 Å². The predicted molar refractivity (Wildman–Crippen MR) is 70.0 cm³/mol. The molecule has 3 nitrogen and oxygen atoms in total. The fourth-order valence-corrected chi connectivity index (χ4v) is 2.33. The second-order valence-electron chi connectivity index (χ2n) is 4.89. The minimum atomic E-state index is 0.203. The van der Waals surface area contributed by atoms with Crippen molar-refractivity contribution >= 4 is 0 Å². The van der Waals surface area contributed by atoms with E-state index in [9.17, 15) is 0 Å². The number of rotatable bonds is 3. The molecule has 0 radical (unpaired) electrons. The van der Waals surface area contributed by atoms with E-state index in [4.69, 9.17) is 10.5 Å². The fraction of sp³-hybridized carbons (Fsp3) is 0.571. The second kappa shape index (κ2) is 5.63. The largest absolute Gasteiger partial charge is 0.374 e. The van der Waals surface area contributed by atoms with Crippen LogP contribution in [0.1, 0.15) is 16.7 Å². The topological polar surface area (TPSA) is 38.5 Å². The molecular weight excluding hydrogens is 212 g/mol. The van der Waals surface area contributed by atoms with Gasteiger partial charge < -0.3 is 10.5 Å². The first-order valence-electron chi connectivity index (χ1n) is 6.29. The number of morpholine rings is 1. The van der Waals surface area contributed by atoms with E-state index in [-0.39, 0.29) is 6.10 Å². The van der Waals surface area contributed by atoms with Crippen molar-refractivity contribution in [1.29, 1.82) is 0 Å². The highest BCUT2D eigenvalue weighted by molar-refractivity contribution is 5.30. The van der Waals surface area contributed by atoms with Crippen LogP contribution in [-0.4, -0.2) is 37.2 Å². The van der Waals surface area contributed by atoms with Gasteiger partial charge in [0.25, 0.3) is 0 Å². The zero-order valence-corrected chi connectivity index (χ0v) is 10.8. The van der Waals surface area contributed by atoms with E-state index in [1.54, 1.807) is 0 Å². The number of benzene rings is 1. The van der Waals surface area contributed by atoms with Gasteiger partial charge in [-0.15, -0.1) is 0 Å². The summed E-state index contributed by atoms with van der Waals surface area (Å²) in [5.74, 6) is 0. The Hall–Kier alpha value is -0.900. The SMILES string of the molecule is Cc1ccc(CN2CCOC(CN)C2)c(C)c1. The predicted octanol–water partition coefficient (Wildman–Crippen LogP) is 1.46. The van der Waals surface area contributed by atoms with E-state index in [2.05, 4.69) is 36.9 Å². The number of hydrogen-bond acceptors (Lipinski definition) is 3. The Morgan fingerprint density at radius 2 is 2.24 bits per heavy atom. The Balaban J connectivity index is 2.00. The smallest absolute Gasteiger partial charge is 0.0824 e. The summed E-state index contributed by atoms with van der Waals surface area (Å²) in [4.78, 5) is 2.43. The lowest BCUT2D eigenvalue weighted by Crippen LogP contribution is -2.45. The van der Waals surface area contributed by atoms with Crippen molar-refractivity contribution in [1.82, 2.24) is 4.90 Å². The van der Waals surface area contributed by atoms with Crippen LogP contribution < -0.4 is 5.73 Å². The van der Waals surface area contributed by atoms with E-state index in [0.29, 0.717) is 6.54 Å². The third-order valence-electron chi connectivity index (χ3n) is 3.38. The zero-order chi connectivity index (χ0) is 12.3. The molecule has 2 N–H and O–H groups in total. The number of nitrogens with two attached hydrogens (primary N) is 1. The maximum atomic E-state index is 5.66. The van der Waals surface area contributed by atoms with E-state index < -0.39 is 0 Å². The standard InChI is InChI=1S/C14H22N2O/c1-11-3-4-13(12(2)7-11)9-16-5-6-17-14(8-15)10-16/h3-4,7,14H,5-6,8-10,15H2,1-2H3. The van der Waals surface area contributed by atoms with Crippen molar-refractivity contribution in [3.05, 3.63) is 34.9 Å². The number of hydrogen-bond donors (Lipinski definition) is 1. The molecule has 0 aromatic heterocycles. The molecule has 1 saturated heterocycles. The van der Waals surface area contributed by atoms with Crippen LogP contribution in [0.3, 0.4) is 0 Å². The van der Waals surface area contributed by atoms with E-state index in [1.165, 1.54) is 16.7 Å². The first kappa shape index (κ1) is 12.6. The van der Waals surface area contributed by atoms with Gasteiger partial charge in [-0.2, -0.15) is 0 Å². The summed E-state index contributed by atoms with van der Waals surface area (Å²) >= 11 is 0. The molecule has 2 rings (SSSR count). The molecule has 1 unspecified atom stereocenters. The van der Waals surface area contributed by atoms with Gasteiger partial charge in [-0.3, -0.25) is 4.90 Å². The summed E-state index contributed by atoms with van der Waals surface area (Å²) in [6, 6.07) is 6.66. The first-order valence-corrected chi connectivity index (χ1v) is 6.29. The minimum Gasteiger partial charge on any atom is -0.374 e. The maximum Gasteiger partial charge on any atom is 0.0824 e. The first-order chi connectivity index (χ1) is 8.19. The van der Waals surface area contributed by atoms with Crippen LogP contribution in [0.2, 0.25) is 0 Å². The average molecular weight is 234 g/mol. The molecule has 1 aromatic rings. The van der Waals surface area contributed by atoms with Crippen LogP contribution in [0.25, 0.3) is 0 Å². The Morgan fingerprint density at radius 1 is 1.41 bits per heavy atom. The molecule has 94 valence electrons.